The van der Waals surface area contributed by atoms with Gasteiger partial charge in [-0.3, -0.25) is 9.78 Å². The first-order valence-corrected chi connectivity index (χ1v) is 5.63. The molecular weight excluding hydrogens is 257 g/mol. The fourth-order valence-electron chi connectivity index (χ4n) is 1.68. The second-order valence-corrected chi connectivity index (χ2v) is 4.08. The fourth-order valence-corrected chi connectivity index (χ4v) is 1.68. The molecule has 0 aliphatic heterocycles. The van der Waals surface area contributed by atoms with Gasteiger partial charge in [0.25, 0.3) is 5.78 Å². The Morgan fingerprint density at radius 2 is 2.11 bits per heavy atom. The summed E-state index contributed by atoms with van der Waals surface area (Å²) in [6.07, 6.45) is 1.85. The summed E-state index contributed by atoms with van der Waals surface area (Å²) in [4.78, 5) is 15.0. The van der Waals surface area contributed by atoms with Gasteiger partial charge in [0.1, 0.15) is 0 Å². The van der Waals surface area contributed by atoms with Crippen LogP contribution in [-0.4, -0.2) is 21.5 Å². The third kappa shape index (κ3) is 3.43. The van der Waals surface area contributed by atoms with Gasteiger partial charge in [-0.2, -0.15) is 13.2 Å². The van der Waals surface area contributed by atoms with Crippen molar-refractivity contribution in [2.24, 2.45) is 0 Å². The van der Waals surface area contributed by atoms with Crippen molar-refractivity contribution < 1.29 is 18.0 Å². The van der Waals surface area contributed by atoms with E-state index in [0.717, 1.165) is 5.56 Å². The number of carbonyl (C=O) groups is 1. The standard InChI is InChI=1S/C13H11F3N2O/c14-13(15,16)12(19)11-4-7-18(9-11)6-3-10-2-1-5-17-8-10/h1-2,4-5,7-9H,3,6H2. The van der Waals surface area contributed by atoms with Gasteiger partial charge in [-0.05, 0) is 24.1 Å². The Labute approximate surface area is 107 Å². The van der Waals surface area contributed by atoms with E-state index < -0.39 is 12.0 Å². The second kappa shape index (κ2) is 5.26. The minimum Gasteiger partial charge on any atom is -0.353 e. The molecule has 100 valence electrons. The molecule has 2 aromatic heterocycles. The average molecular weight is 268 g/mol. The number of Topliss-reactive ketones (excluding diaryl/α,β-unsaturated/α-hetero) is 1. The maximum atomic E-state index is 12.2. The van der Waals surface area contributed by atoms with Crippen molar-refractivity contribution in [2.75, 3.05) is 0 Å². The predicted molar refractivity (Wildman–Crippen MR) is 62.8 cm³/mol. The summed E-state index contributed by atoms with van der Waals surface area (Å²) in [6, 6.07) is 4.86. The van der Waals surface area contributed by atoms with E-state index in [4.69, 9.17) is 0 Å². The van der Waals surface area contributed by atoms with Crippen molar-refractivity contribution in [3.63, 3.8) is 0 Å². The molecule has 0 saturated carbocycles. The van der Waals surface area contributed by atoms with Gasteiger partial charge >= 0.3 is 6.18 Å². The van der Waals surface area contributed by atoms with Crippen LogP contribution < -0.4 is 0 Å². The van der Waals surface area contributed by atoms with Crippen LogP contribution in [0.3, 0.4) is 0 Å². The van der Waals surface area contributed by atoms with Crippen molar-refractivity contribution in [1.29, 1.82) is 0 Å². The molecule has 0 atom stereocenters. The fraction of sp³-hybridized carbons (Fsp3) is 0.231. The van der Waals surface area contributed by atoms with Crippen LogP contribution >= 0.6 is 0 Å². The number of aromatic nitrogens is 2. The summed E-state index contributed by atoms with van der Waals surface area (Å²) < 4.78 is 38.2. The molecular formula is C13H11F3N2O. The molecule has 0 fully saturated rings. The van der Waals surface area contributed by atoms with Crippen LogP contribution in [0.1, 0.15) is 15.9 Å². The van der Waals surface area contributed by atoms with Crippen LogP contribution in [0.4, 0.5) is 13.2 Å². The number of halogens is 3. The minimum atomic E-state index is -4.82. The van der Waals surface area contributed by atoms with E-state index in [1.807, 2.05) is 6.07 Å². The maximum absolute atomic E-state index is 12.2. The molecule has 0 unspecified atom stereocenters. The van der Waals surface area contributed by atoms with E-state index in [0.29, 0.717) is 13.0 Å². The monoisotopic (exact) mass is 268 g/mol. The molecule has 0 aromatic carbocycles. The molecule has 0 bridgehead atoms. The molecule has 0 amide bonds. The Balaban J connectivity index is 2.00. The summed E-state index contributed by atoms with van der Waals surface area (Å²) in [5.41, 5.74) is 0.651. The molecule has 0 spiro atoms. The topological polar surface area (TPSA) is 34.9 Å². The number of carbonyl (C=O) groups excluding carboxylic acids is 1. The van der Waals surface area contributed by atoms with Gasteiger partial charge < -0.3 is 4.57 Å². The second-order valence-electron chi connectivity index (χ2n) is 4.08. The van der Waals surface area contributed by atoms with Gasteiger partial charge in [0, 0.05) is 36.9 Å². The number of pyridine rings is 1. The zero-order valence-electron chi connectivity index (χ0n) is 9.89. The lowest BCUT2D eigenvalue weighted by molar-refractivity contribution is -0.0885. The van der Waals surface area contributed by atoms with Gasteiger partial charge in [0.05, 0.1) is 0 Å². The van der Waals surface area contributed by atoms with Crippen molar-refractivity contribution in [3.8, 4) is 0 Å². The molecule has 2 aromatic rings. The zero-order chi connectivity index (χ0) is 13.9. The average Bonchev–Trinajstić information content (AvgIpc) is 2.84. The van der Waals surface area contributed by atoms with E-state index in [-0.39, 0.29) is 5.56 Å². The van der Waals surface area contributed by atoms with Crippen molar-refractivity contribution >= 4 is 5.78 Å². The molecule has 0 radical (unpaired) electrons. The number of nitrogens with zero attached hydrogens (tertiary/aromatic N) is 2. The Bertz CT molecular complexity index is 561. The number of hydrogen-bond acceptors (Lipinski definition) is 2. The largest absolute Gasteiger partial charge is 0.454 e. The van der Waals surface area contributed by atoms with E-state index in [1.54, 1.807) is 23.0 Å². The van der Waals surface area contributed by atoms with Crippen molar-refractivity contribution in [2.45, 2.75) is 19.1 Å². The van der Waals surface area contributed by atoms with Gasteiger partial charge in [-0.1, -0.05) is 6.07 Å². The summed E-state index contributed by atoms with van der Waals surface area (Å²) >= 11 is 0. The Morgan fingerprint density at radius 1 is 1.32 bits per heavy atom. The molecule has 2 heterocycles. The van der Waals surface area contributed by atoms with Crippen LogP contribution in [0.5, 0.6) is 0 Å². The van der Waals surface area contributed by atoms with E-state index >= 15 is 0 Å². The molecule has 0 aliphatic rings. The third-order valence-electron chi connectivity index (χ3n) is 2.65. The van der Waals surface area contributed by atoms with Crippen LogP contribution in [0.25, 0.3) is 0 Å². The molecule has 0 aliphatic carbocycles. The zero-order valence-corrected chi connectivity index (χ0v) is 9.89. The molecule has 19 heavy (non-hydrogen) atoms. The summed E-state index contributed by atoms with van der Waals surface area (Å²) in [5, 5.41) is 0. The van der Waals surface area contributed by atoms with Gasteiger partial charge in [-0.15, -0.1) is 0 Å². The highest BCUT2D eigenvalue weighted by atomic mass is 19.4. The van der Waals surface area contributed by atoms with Gasteiger partial charge in [0.2, 0.25) is 0 Å². The van der Waals surface area contributed by atoms with E-state index in [9.17, 15) is 18.0 Å². The van der Waals surface area contributed by atoms with E-state index in [2.05, 4.69) is 4.98 Å². The van der Waals surface area contributed by atoms with Gasteiger partial charge in [-0.25, -0.2) is 0 Å². The highest BCUT2D eigenvalue weighted by molar-refractivity contribution is 6.00. The number of rotatable bonds is 4. The van der Waals surface area contributed by atoms with Crippen molar-refractivity contribution in [3.05, 3.63) is 54.1 Å². The lowest BCUT2D eigenvalue weighted by Gasteiger charge is -2.03. The SMILES string of the molecule is O=C(c1ccn(CCc2cccnc2)c1)C(F)(F)F. The number of ketones is 1. The van der Waals surface area contributed by atoms with Crippen LogP contribution in [-0.2, 0) is 13.0 Å². The Kier molecular flexibility index (Phi) is 3.69. The Hall–Kier alpha value is -2.11. The summed E-state index contributed by atoms with van der Waals surface area (Å²) in [6.45, 7) is 0.497. The summed E-state index contributed by atoms with van der Waals surface area (Å²) in [5.74, 6) is -1.81. The lowest BCUT2D eigenvalue weighted by atomic mass is 10.2. The smallest absolute Gasteiger partial charge is 0.353 e. The highest BCUT2D eigenvalue weighted by Crippen LogP contribution is 2.21. The van der Waals surface area contributed by atoms with Crippen LogP contribution in [0.15, 0.2) is 43.0 Å². The third-order valence-corrected chi connectivity index (χ3v) is 2.65. The normalized spacial score (nSPS) is 11.5. The molecule has 0 N–H and O–H groups in total. The highest BCUT2D eigenvalue weighted by Gasteiger charge is 2.39. The molecule has 6 heteroatoms. The van der Waals surface area contributed by atoms with Crippen LogP contribution in [0.2, 0.25) is 0 Å². The Morgan fingerprint density at radius 3 is 2.74 bits per heavy atom. The number of aryl methyl sites for hydroxylation is 2. The first-order valence-electron chi connectivity index (χ1n) is 5.63. The predicted octanol–water partition coefficient (Wildman–Crippen LogP) is 2.87. The molecule has 2 rings (SSSR count). The summed E-state index contributed by atoms with van der Waals surface area (Å²) in [7, 11) is 0. The van der Waals surface area contributed by atoms with Crippen LogP contribution in [0, 0.1) is 0 Å². The number of alkyl halides is 3. The quantitative estimate of drug-likeness (QED) is 0.799. The first kappa shape index (κ1) is 13.3. The minimum absolute atomic E-state index is 0.335. The van der Waals surface area contributed by atoms with E-state index in [1.165, 1.54) is 18.5 Å². The first-order chi connectivity index (χ1) is 8.97. The lowest BCUT2D eigenvalue weighted by Crippen LogP contribution is -2.22. The maximum Gasteiger partial charge on any atom is 0.454 e. The molecule has 0 saturated heterocycles. The molecule has 3 nitrogen and oxygen atoms in total. The van der Waals surface area contributed by atoms with Gasteiger partial charge in [0.15, 0.2) is 0 Å². The van der Waals surface area contributed by atoms with Crippen molar-refractivity contribution in [1.82, 2.24) is 9.55 Å². The number of hydrogen-bond donors (Lipinski definition) is 0.